The lowest BCUT2D eigenvalue weighted by Gasteiger charge is -2.12. The van der Waals surface area contributed by atoms with Crippen LogP contribution in [-0.4, -0.2) is 33.3 Å². The van der Waals surface area contributed by atoms with Crippen LogP contribution < -0.4 is 0 Å². The van der Waals surface area contributed by atoms with Crippen molar-refractivity contribution >= 4 is 5.97 Å². The molecule has 0 heterocycles. The van der Waals surface area contributed by atoms with Gasteiger partial charge in [-0.25, -0.2) is 4.79 Å². The number of carboxylic acids is 1. The van der Waals surface area contributed by atoms with Gasteiger partial charge in [0.2, 0.25) is 6.10 Å². The minimum Gasteiger partial charge on any atom is -0.479 e. The van der Waals surface area contributed by atoms with Crippen LogP contribution in [0.5, 0.6) is 0 Å². The molecular formula is C10H11NO5. The standard InChI is InChI=1S/C10H11NO5/c12-9(10(13)14)8(11(15)16)6-7-4-2-1-3-5-7/h1-5,8-9,12H,6H2,(H,13,14)/t8-,9-/m1/s1. The molecule has 0 aliphatic heterocycles. The predicted molar refractivity (Wildman–Crippen MR) is 54.6 cm³/mol. The molecule has 0 unspecified atom stereocenters. The summed E-state index contributed by atoms with van der Waals surface area (Å²) in [5.74, 6) is -1.59. The Morgan fingerprint density at radius 3 is 2.38 bits per heavy atom. The number of hydrogen-bond acceptors (Lipinski definition) is 4. The smallest absolute Gasteiger partial charge is 0.339 e. The Morgan fingerprint density at radius 2 is 1.94 bits per heavy atom. The van der Waals surface area contributed by atoms with Gasteiger partial charge in [-0.3, -0.25) is 10.1 Å². The summed E-state index contributed by atoms with van der Waals surface area (Å²) in [5, 5.41) is 28.3. The summed E-state index contributed by atoms with van der Waals surface area (Å²) >= 11 is 0. The number of nitrogens with zero attached hydrogens (tertiary/aromatic N) is 1. The van der Waals surface area contributed by atoms with Crippen molar-refractivity contribution in [3.63, 3.8) is 0 Å². The summed E-state index contributed by atoms with van der Waals surface area (Å²) in [6, 6.07) is 6.90. The third kappa shape index (κ3) is 3.03. The molecule has 0 bridgehead atoms. The van der Waals surface area contributed by atoms with Crippen LogP contribution >= 0.6 is 0 Å². The van der Waals surface area contributed by atoms with E-state index in [0.29, 0.717) is 5.56 Å². The molecule has 1 aromatic rings. The molecule has 0 fully saturated rings. The molecule has 0 saturated carbocycles. The van der Waals surface area contributed by atoms with Gasteiger partial charge in [0.25, 0.3) is 6.04 Å². The Hall–Kier alpha value is -1.95. The maximum absolute atomic E-state index is 10.6. The van der Waals surface area contributed by atoms with Crippen LogP contribution in [0, 0.1) is 10.1 Å². The highest BCUT2D eigenvalue weighted by Gasteiger charge is 2.35. The van der Waals surface area contributed by atoms with Crippen molar-refractivity contribution < 1.29 is 19.9 Å². The third-order valence-electron chi connectivity index (χ3n) is 2.18. The summed E-state index contributed by atoms with van der Waals surface area (Å²) in [5.41, 5.74) is 0.615. The topological polar surface area (TPSA) is 101 Å². The van der Waals surface area contributed by atoms with Crippen molar-refractivity contribution in [2.45, 2.75) is 18.6 Å². The molecule has 0 aromatic heterocycles. The molecule has 2 N–H and O–H groups in total. The number of carboxylic acid groups (broad SMARTS) is 1. The van der Waals surface area contributed by atoms with Crippen molar-refractivity contribution in [3.05, 3.63) is 46.0 Å². The summed E-state index contributed by atoms with van der Waals surface area (Å²) in [7, 11) is 0. The van der Waals surface area contributed by atoms with Gasteiger partial charge in [0.1, 0.15) is 0 Å². The molecule has 2 atom stereocenters. The van der Waals surface area contributed by atoms with Gasteiger partial charge in [-0.15, -0.1) is 0 Å². The highest BCUT2D eigenvalue weighted by molar-refractivity contribution is 5.72. The first-order valence-electron chi connectivity index (χ1n) is 4.60. The molecule has 0 amide bonds. The summed E-state index contributed by atoms with van der Waals surface area (Å²) < 4.78 is 0. The molecule has 0 aliphatic rings. The Labute approximate surface area is 91.3 Å². The Morgan fingerprint density at radius 1 is 1.38 bits per heavy atom. The van der Waals surface area contributed by atoms with Crippen LogP contribution in [0.25, 0.3) is 0 Å². The quantitative estimate of drug-likeness (QED) is 0.555. The van der Waals surface area contributed by atoms with Crippen LogP contribution in [0.4, 0.5) is 0 Å². The first-order chi connectivity index (χ1) is 7.52. The van der Waals surface area contributed by atoms with Crippen molar-refractivity contribution in [1.29, 1.82) is 0 Å². The van der Waals surface area contributed by atoms with Crippen LogP contribution in [-0.2, 0) is 11.2 Å². The number of aliphatic carboxylic acids is 1. The highest BCUT2D eigenvalue weighted by atomic mass is 16.6. The van der Waals surface area contributed by atoms with Gasteiger partial charge in [0, 0.05) is 11.3 Å². The van der Waals surface area contributed by atoms with E-state index in [1.807, 2.05) is 0 Å². The highest BCUT2D eigenvalue weighted by Crippen LogP contribution is 2.09. The van der Waals surface area contributed by atoms with Gasteiger partial charge in [-0.05, 0) is 5.56 Å². The maximum Gasteiger partial charge on any atom is 0.339 e. The number of rotatable bonds is 5. The normalized spacial score (nSPS) is 14.1. The van der Waals surface area contributed by atoms with E-state index >= 15 is 0 Å². The number of nitro groups is 1. The van der Waals surface area contributed by atoms with Gasteiger partial charge in [-0.1, -0.05) is 30.3 Å². The average molecular weight is 225 g/mol. The molecule has 6 heteroatoms. The van der Waals surface area contributed by atoms with Gasteiger partial charge in [0.05, 0.1) is 0 Å². The predicted octanol–water partition coefficient (Wildman–Crippen LogP) is 0.320. The molecule has 0 aliphatic carbocycles. The second kappa shape index (κ2) is 5.22. The zero-order chi connectivity index (χ0) is 12.1. The zero-order valence-corrected chi connectivity index (χ0v) is 8.31. The lowest BCUT2D eigenvalue weighted by molar-refractivity contribution is -0.531. The fourth-order valence-electron chi connectivity index (χ4n) is 1.32. The van der Waals surface area contributed by atoms with E-state index in [2.05, 4.69) is 0 Å². The Kier molecular flexibility index (Phi) is 3.96. The van der Waals surface area contributed by atoms with E-state index in [1.54, 1.807) is 30.3 Å². The molecule has 0 spiro atoms. The van der Waals surface area contributed by atoms with Gasteiger partial charge < -0.3 is 10.2 Å². The van der Waals surface area contributed by atoms with Crippen LogP contribution in [0.3, 0.4) is 0 Å². The molecule has 0 saturated heterocycles. The number of aliphatic hydroxyl groups is 1. The number of aliphatic hydroxyl groups excluding tert-OH is 1. The van der Waals surface area contributed by atoms with Crippen molar-refractivity contribution in [2.24, 2.45) is 0 Å². The summed E-state index contributed by atoms with van der Waals surface area (Å²) in [6.45, 7) is 0. The fourth-order valence-corrected chi connectivity index (χ4v) is 1.32. The third-order valence-corrected chi connectivity index (χ3v) is 2.18. The average Bonchev–Trinajstić information content (AvgIpc) is 2.26. The van der Waals surface area contributed by atoms with E-state index in [0.717, 1.165) is 0 Å². The number of carbonyl (C=O) groups is 1. The van der Waals surface area contributed by atoms with Crippen LogP contribution in [0.1, 0.15) is 5.56 Å². The Bertz CT molecular complexity index is 378. The lowest BCUT2D eigenvalue weighted by atomic mass is 10.0. The molecule has 86 valence electrons. The molecule has 6 nitrogen and oxygen atoms in total. The largest absolute Gasteiger partial charge is 0.479 e. The number of hydrogen-bond donors (Lipinski definition) is 2. The van der Waals surface area contributed by atoms with E-state index in [9.17, 15) is 20.0 Å². The monoisotopic (exact) mass is 225 g/mol. The van der Waals surface area contributed by atoms with Gasteiger partial charge in [-0.2, -0.15) is 0 Å². The summed E-state index contributed by atoms with van der Waals surface area (Å²) in [4.78, 5) is 20.3. The van der Waals surface area contributed by atoms with Gasteiger partial charge >= 0.3 is 5.97 Å². The minimum absolute atomic E-state index is 0.110. The molecule has 16 heavy (non-hydrogen) atoms. The first-order valence-corrected chi connectivity index (χ1v) is 4.60. The van der Waals surface area contributed by atoms with E-state index < -0.39 is 23.0 Å². The zero-order valence-electron chi connectivity index (χ0n) is 8.31. The molecule has 1 rings (SSSR count). The van der Waals surface area contributed by atoms with Crippen molar-refractivity contribution in [3.8, 4) is 0 Å². The van der Waals surface area contributed by atoms with E-state index in [1.165, 1.54) is 0 Å². The Balaban J connectivity index is 2.81. The first kappa shape index (κ1) is 12.1. The maximum atomic E-state index is 10.6. The fraction of sp³-hybridized carbons (Fsp3) is 0.300. The van der Waals surface area contributed by atoms with Crippen LogP contribution in [0.2, 0.25) is 0 Å². The van der Waals surface area contributed by atoms with E-state index in [-0.39, 0.29) is 6.42 Å². The van der Waals surface area contributed by atoms with Gasteiger partial charge in [0.15, 0.2) is 0 Å². The molecule has 0 radical (unpaired) electrons. The SMILES string of the molecule is O=C(O)[C@H](O)[C@@H](Cc1ccccc1)[N+](=O)[O-]. The lowest BCUT2D eigenvalue weighted by Crippen LogP contribution is -2.41. The second-order valence-corrected chi connectivity index (χ2v) is 3.33. The van der Waals surface area contributed by atoms with E-state index in [4.69, 9.17) is 5.11 Å². The number of benzene rings is 1. The second-order valence-electron chi connectivity index (χ2n) is 3.33. The van der Waals surface area contributed by atoms with Crippen molar-refractivity contribution in [2.75, 3.05) is 0 Å². The molecular weight excluding hydrogens is 214 g/mol. The van der Waals surface area contributed by atoms with Crippen LogP contribution in [0.15, 0.2) is 30.3 Å². The molecule has 1 aromatic carbocycles. The minimum atomic E-state index is -1.99. The van der Waals surface area contributed by atoms with Crippen molar-refractivity contribution in [1.82, 2.24) is 0 Å². The summed E-state index contributed by atoms with van der Waals surface area (Å²) in [6.07, 6.45) is -2.10.